The molecule has 4 heterocycles. The van der Waals surface area contributed by atoms with Gasteiger partial charge in [0, 0.05) is 39.2 Å². The van der Waals surface area contributed by atoms with Crippen LogP contribution in [0.5, 0.6) is 23.0 Å². The zero-order valence-electron chi connectivity index (χ0n) is 39.6. The lowest BCUT2D eigenvalue weighted by Gasteiger charge is -2.23. The topological polar surface area (TPSA) is 182 Å². The summed E-state index contributed by atoms with van der Waals surface area (Å²) >= 11 is 0. The molecule has 0 bridgehead atoms. The van der Waals surface area contributed by atoms with E-state index >= 15 is 0 Å². The molecule has 1 unspecified atom stereocenters. The molecule has 0 saturated carbocycles. The average Bonchev–Trinajstić information content (AvgIpc) is 3.77. The minimum absolute atomic E-state index is 0.0608. The van der Waals surface area contributed by atoms with Gasteiger partial charge in [-0.25, -0.2) is 9.59 Å². The van der Waals surface area contributed by atoms with Crippen molar-refractivity contribution in [2.24, 2.45) is 0 Å². The van der Waals surface area contributed by atoms with Crippen LogP contribution in [0.15, 0.2) is 60.7 Å². The van der Waals surface area contributed by atoms with Crippen molar-refractivity contribution < 1.29 is 103 Å². The molecule has 7 atom stereocenters. The first kappa shape index (κ1) is 55.4. The molecule has 4 aliphatic heterocycles. The highest BCUT2D eigenvalue weighted by atomic mass is 19.4. The molecule has 1 N–H and O–H groups in total. The number of alkyl halides is 6. The number of aliphatic hydroxyl groups is 1. The summed E-state index contributed by atoms with van der Waals surface area (Å²) in [7, 11) is 5.50. The van der Waals surface area contributed by atoms with Crippen molar-refractivity contribution in [1.82, 2.24) is 0 Å². The second-order valence-corrected chi connectivity index (χ2v) is 16.9. The number of carbonyl (C=O) groups is 3. The standard InChI is InChI=1S/C24H29F3O8.C24H27F3O8/c2*1-23(2)34-17-9-5-7-14-11-15(31-4)12-18(32-13-30-3)20(14)22(29)33-19(24(25,26)27)10-6-8-16(28)21(17)35-23/h5-8,11-12,16-17,19,21,28H,9-10,13H2,1-4H3;5-8,11-12,17,19,21H,9-10,13H2,1-4H3/b2*7-5+,8-6-/t16?,17-,19+,21+;17-,19+,21+/m00/s1. The fourth-order valence-electron chi connectivity index (χ4n) is 7.60. The van der Waals surface area contributed by atoms with Crippen molar-refractivity contribution in [3.8, 4) is 23.0 Å². The van der Waals surface area contributed by atoms with Gasteiger partial charge < -0.3 is 61.9 Å². The van der Waals surface area contributed by atoms with Crippen molar-refractivity contribution in [2.75, 3.05) is 42.0 Å². The molecule has 6 rings (SSSR count). The van der Waals surface area contributed by atoms with Crippen LogP contribution < -0.4 is 18.9 Å². The first-order valence-electron chi connectivity index (χ1n) is 21.7. The molecule has 2 saturated heterocycles. The number of hydrogen-bond donors (Lipinski definition) is 1. The maximum Gasteiger partial charge on any atom is 0.425 e. The molecule has 22 heteroatoms. The number of rotatable bonds is 8. The minimum atomic E-state index is -4.88. The lowest BCUT2D eigenvalue weighted by molar-refractivity contribution is -0.203. The van der Waals surface area contributed by atoms with E-state index in [1.165, 1.54) is 70.9 Å². The Morgan fingerprint density at radius 3 is 1.51 bits per heavy atom. The van der Waals surface area contributed by atoms with Gasteiger partial charge in [-0.3, -0.25) is 4.79 Å². The number of halogens is 6. The predicted octanol–water partition coefficient (Wildman–Crippen LogP) is 8.23. The third kappa shape index (κ3) is 14.8. The minimum Gasteiger partial charge on any atom is -0.497 e. The lowest BCUT2D eigenvalue weighted by atomic mass is 10.0. The normalized spacial score (nSPS) is 27.7. The number of fused-ring (bicyclic) bond motifs is 4. The van der Waals surface area contributed by atoms with E-state index in [-0.39, 0.29) is 60.2 Å². The summed E-state index contributed by atoms with van der Waals surface area (Å²) in [5.41, 5.74) is -0.0416. The Bertz CT molecular complexity index is 2270. The van der Waals surface area contributed by atoms with Crippen LogP contribution in [0, 0.1) is 0 Å². The maximum absolute atomic E-state index is 13.7. The highest BCUT2D eigenvalue weighted by Crippen LogP contribution is 2.38. The molecule has 70 heavy (non-hydrogen) atoms. The summed E-state index contributed by atoms with van der Waals surface area (Å²) < 4.78 is 146. The van der Waals surface area contributed by atoms with Gasteiger partial charge in [0.05, 0.1) is 26.4 Å². The van der Waals surface area contributed by atoms with Crippen LogP contribution in [0.1, 0.15) is 85.2 Å². The van der Waals surface area contributed by atoms with E-state index in [0.29, 0.717) is 11.5 Å². The highest BCUT2D eigenvalue weighted by Gasteiger charge is 2.47. The zero-order valence-corrected chi connectivity index (χ0v) is 39.6. The van der Waals surface area contributed by atoms with E-state index in [0.717, 1.165) is 18.2 Å². The number of benzene rings is 2. The Morgan fingerprint density at radius 2 is 1.04 bits per heavy atom. The Hall–Kier alpha value is -5.49. The van der Waals surface area contributed by atoms with Gasteiger partial charge in [-0.1, -0.05) is 42.5 Å². The number of esters is 2. The quantitative estimate of drug-likeness (QED) is 0.115. The van der Waals surface area contributed by atoms with Gasteiger partial charge in [0.15, 0.2) is 30.9 Å². The van der Waals surface area contributed by atoms with Crippen LogP contribution >= 0.6 is 0 Å². The lowest BCUT2D eigenvalue weighted by Crippen LogP contribution is -2.35. The summed E-state index contributed by atoms with van der Waals surface area (Å²) in [5.74, 6) is -4.63. The van der Waals surface area contributed by atoms with Crippen molar-refractivity contribution in [3.63, 3.8) is 0 Å². The number of aliphatic hydroxyl groups excluding tert-OH is 1. The molecule has 2 aromatic carbocycles. The first-order valence-corrected chi connectivity index (χ1v) is 21.7. The van der Waals surface area contributed by atoms with Crippen molar-refractivity contribution >= 4 is 29.9 Å². The van der Waals surface area contributed by atoms with E-state index in [4.69, 9.17) is 56.8 Å². The second-order valence-electron chi connectivity index (χ2n) is 16.9. The van der Waals surface area contributed by atoms with Gasteiger partial charge in [-0.15, -0.1) is 0 Å². The summed E-state index contributed by atoms with van der Waals surface area (Å²) in [6, 6.07) is 5.65. The Kier molecular flexibility index (Phi) is 18.7. The fraction of sp³-hybridized carbons (Fsp3) is 0.521. The first-order chi connectivity index (χ1) is 32.9. The number of hydrogen-bond acceptors (Lipinski definition) is 16. The van der Waals surface area contributed by atoms with E-state index in [1.807, 2.05) is 0 Å². The summed E-state index contributed by atoms with van der Waals surface area (Å²) in [5, 5.41) is 10.6. The molecule has 2 fully saturated rings. The zero-order chi connectivity index (χ0) is 51.6. The summed E-state index contributed by atoms with van der Waals surface area (Å²) in [4.78, 5) is 38.7. The van der Waals surface area contributed by atoms with E-state index < -0.39 is 97.2 Å². The monoisotopic (exact) mass is 1000 g/mol. The van der Waals surface area contributed by atoms with Gasteiger partial charge in [0.1, 0.15) is 52.4 Å². The van der Waals surface area contributed by atoms with Gasteiger partial charge >= 0.3 is 24.3 Å². The molecule has 0 spiro atoms. The molecule has 16 nitrogen and oxygen atoms in total. The van der Waals surface area contributed by atoms with Gasteiger partial charge in [0.2, 0.25) is 12.2 Å². The molecule has 0 aliphatic carbocycles. The van der Waals surface area contributed by atoms with E-state index in [9.17, 15) is 45.8 Å². The average molecular weight is 1000 g/mol. The number of carbonyl (C=O) groups excluding carboxylic acids is 3. The van der Waals surface area contributed by atoms with Crippen LogP contribution in [-0.2, 0) is 42.7 Å². The number of ketones is 1. The van der Waals surface area contributed by atoms with Crippen molar-refractivity contribution in [3.05, 3.63) is 83.0 Å². The highest BCUT2D eigenvalue weighted by molar-refractivity contribution is 5.98. The molecule has 0 radical (unpaired) electrons. The third-order valence-electron chi connectivity index (χ3n) is 10.7. The number of ether oxygens (including phenoxy) is 12. The Morgan fingerprint density at radius 1 is 0.600 bits per heavy atom. The Labute approximate surface area is 399 Å². The Balaban J connectivity index is 0.000000261. The van der Waals surface area contributed by atoms with Gasteiger partial charge in [-0.2, -0.15) is 26.3 Å². The summed E-state index contributed by atoms with van der Waals surface area (Å²) in [6.45, 7) is 6.11. The predicted molar refractivity (Wildman–Crippen MR) is 235 cm³/mol. The molecule has 386 valence electrons. The number of cyclic esters (lactones) is 2. The molecular formula is C48H56F6O16. The van der Waals surface area contributed by atoms with Crippen molar-refractivity contribution in [1.29, 1.82) is 0 Å². The van der Waals surface area contributed by atoms with Crippen LogP contribution in [-0.4, -0.2) is 132 Å². The van der Waals surface area contributed by atoms with E-state index in [1.54, 1.807) is 39.8 Å². The van der Waals surface area contributed by atoms with Gasteiger partial charge in [-0.05, 0) is 69.9 Å². The maximum atomic E-state index is 13.7. The molecule has 0 amide bonds. The van der Waals surface area contributed by atoms with Crippen LogP contribution in [0.25, 0.3) is 12.2 Å². The summed E-state index contributed by atoms with van der Waals surface area (Å²) in [6.07, 6.45) is -9.36. The molecule has 2 aromatic rings. The van der Waals surface area contributed by atoms with Crippen molar-refractivity contribution in [2.45, 2.75) is 120 Å². The van der Waals surface area contributed by atoms with Crippen LogP contribution in [0.3, 0.4) is 0 Å². The second kappa shape index (κ2) is 23.6. The van der Waals surface area contributed by atoms with Crippen LogP contribution in [0.2, 0.25) is 0 Å². The van der Waals surface area contributed by atoms with Gasteiger partial charge in [0.25, 0.3) is 0 Å². The smallest absolute Gasteiger partial charge is 0.425 e. The molecular weight excluding hydrogens is 946 g/mol. The fourth-order valence-corrected chi connectivity index (χ4v) is 7.60. The molecule has 0 aromatic heterocycles. The largest absolute Gasteiger partial charge is 0.497 e. The van der Waals surface area contributed by atoms with Crippen LogP contribution in [0.4, 0.5) is 26.3 Å². The third-order valence-corrected chi connectivity index (χ3v) is 10.7. The van der Waals surface area contributed by atoms with E-state index in [2.05, 4.69) is 0 Å². The molecule has 4 aliphatic rings. The number of methoxy groups -OCH3 is 4. The SMILES string of the molecule is COCOc1cc(OC)cc2c1C(=O)O[C@@H](C(F)(F)F)C/C=C\C(=O)[C@H]1OC(C)(C)O[C@H]1C/C=C/2.COCOc1cc(OC)cc2c1C(=O)O[C@@H](C(F)(F)F)C/C=C\C(O)[C@H]1OC(C)(C)O[C@H]1C/C=C/2.